The SMILES string of the molecule is CCC(C)NC(=O)[C@@H]1[C@H](C(=O)O)C1(C)C. The van der Waals surface area contributed by atoms with Crippen LogP contribution in [0.25, 0.3) is 0 Å². The van der Waals surface area contributed by atoms with Gasteiger partial charge in [-0.15, -0.1) is 0 Å². The van der Waals surface area contributed by atoms with Gasteiger partial charge in [0.05, 0.1) is 11.8 Å². The zero-order valence-corrected chi connectivity index (χ0v) is 9.70. The molecule has 1 saturated carbocycles. The Kier molecular flexibility index (Phi) is 3.07. The fourth-order valence-corrected chi connectivity index (χ4v) is 2.02. The van der Waals surface area contributed by atoms with Gasteiger partial charge in [-0.05, 0) is 18.8 Å². The highest BCUT2D eigenvalue weighted by molar-refractivity contribution is 5.91. The number of carbonyl (C=O) groups is 2. The lowest BCUT2D eigenvalue weighted by molar-refractivity contribution is -0.140. The molecule has 15 heavy (non-hydrogen) atoms. The number of carboxylic acid groups (broad SMARTS) is 1. The lowest BCUT2D eigenvalue weighted by atomic mass is 10.1. The fourth-order valence-electron chi connectivity index (χ4n) is 2.02. The highest BCUT2D eigenvalue weighted by Gasteiger charge is 2.65. The van der Waals surface area contributed by atoms with E-state index in [1.54, 1.807) is 0 Å². The van der Waals surface area contributed by atoms with Crippen molar-refractivity contribution < 1.29 is 14.7 Å². The Balaban J connectivity index is 2.60. The number of carbonyl (C=O) groups excluding carboxylic acids is 1. The van der Waals surface area contributed by atoms with E-state index in [1.807, 2.05) is 27.7 Å². The van der Waals surface area contributed by atoms with Gasteiger partial charge >= 0.3 is 5.97 Å². The molecule has 0 bridgehead atoms. The highest BCUT2D eigenvalue weighted by Crippen LogP contribution is 2.58. The van der Waals surface area contributed by atoms with Gasteiger partial charge < -0.3 is 10.4 Å². The zero-order valence-electron chi connectivity index (χ0n) is 9.70. The zero-order chi connectivity index (χ0) is 11.8. The summed E-state index contributed by atoms with van der Waals surface area (Å²) in [6, 6.07) is 0.114. The third-order valence-electron chi connectivity index (χ3n) is 3.38. The molecule has 1 aliphatic carbocycles. The van der Waals surface area contributed by atoms with Crippen molar-refractivity contribution in [3.05, 3.63) is 0 Å². The second-order valence-corrected chi connectivity index (χ2v) is 4.93. The first-order valence-corrected chi connectivity index (χ1v) is 5.35. The molecule has 1 fully saturated rings. The van der Waals surface area contributed by atoms with Crippen LogP contribution in [-0.2, 0) is 9.59 Å². The molecule has 4 heteroatoms. The summed E-state index contributed by atoms with van der Waals surface area (Å²) in [6.07, 6.45) is 0.858. The van der Waals surface area contributed by atoms with Crippen molar-refractivity contribution in [1.82, 2.24) is 5.32 Å². The summed E-state index contributed by atoms with van der Waals surface area (Å²) in [5, 5.41) is 11.7. The summed E-state index contributed by atoms with van der Waals surface area (Å²) in [7, 11) is 0. The van der Waals surface area contributed by atoms with E-state index in [-0.39, 0.29) is 17.9 Å². The number of rotatable bonds is 4. The minimum Gasteiger partial charge on any atom is -0.481 e. The Morgan fingerprint density at radius 2 is 1.93 bits per heavy atom. The molecule has 0 aromatic carbocycles. The van der Waals surface area contributed by atoms with Gasteiger partial charge in [-0.3, -0.25) is 9.59 Å². The first kappa shape index (κ1) is 12.0. The van der Waals surface area contributed by atoms with Gasteiger partial charge in [-0.2, -0.15) is 0 Å². The number of amides is 1. The summed E-state index contributed by atoms with van der Waals surface area (Å²) in [6.45, 7) is 7.56. The molecule has 0 aliphatic heterocycles. The molecular weight excluding hydrogens is 194 g/mol. The third-order valence-corrected chi connectivity index (χ3v) is 3.38. The Labute approximate surface area is 90.0 Å². The molecule has 0 radical (unpaired) electrons. The molecule has 1 unspecified atom stereocenters. The summed E-state index contributed by atoms with van der Waals surface area (Å²) < 4.78 is 0. The molecule has 0 saturated heterocycles. The van der Waals surface area contributed by atoms with Gasteiger partial charge in [0, 0.05) is 6.04 Å². The maximum absolute atomic E-state index is 11.7. The molecular formula is C11H19NO3. The topological polar surface area (TPSA) is 66.4 Å². The van der Waals surface area contributed by atoms with Crippen LogP contribution in [-0.4, -0.2) is 23.0 Å². The van der Waals surface area contributed by atoms with Gasteiger partial charge in [0.2, 0.25) is 5.91 Å². The van der Waals surface area contributed by atoms with Crippen molar-refractivity contribution in [1.29, 1.82) is 0 Å². The van der Waals surface area contributed by atoms with Crippen molar-refractivity contribution in [3.8, 4) is 0 Å². The molecule has 86 valence electrons. The van der Waals surface area contributed by atoms with Crippen LogP contribution >= 0.6 is 0 Å². The normalized spacial score (nSPS) is 29.3. The van der Waals surface area contributed by atoms with Crippen LogP contribution in [0.2, 0.25) is 0 Å². The van der Waals surface area contributed by atoms with E-state index in [1.165, 1.54) is 0 Å². The Hall–Kier alpha value is -1.06. The van der Waals surface area contributed by atoms with Crippen LogP contribution in [0.5, 0.6) is 0 Å². The summed E-state index contributed by atoms with van der Waals surface area (Å²) in [5.74, 6) is -1.89. The van der Waals surface area contributed by atoms with E-state index < -0.39 is 17.3 Å². The van der Waals surface area contributed by atoms with Gasteiger partial charge in [0.25, 0.3) is 0 Å². The quantitative estimate of drug-likeness (QED) is 0.738. The maximum Gasteiger partial charge on any atom is 0.307 e. The van der Waals surface area contributed by atoms with Crippen LogP contribution in [0.1, 0.15) is 34.1 Å². The molecule has 0 heterocycles. The lowest BCUT2D eigenvalue weighted by Crippen LogP contribution is -2.34. The summed E-state index contributed by atoms with van der Waals surface area (Å²) in [4.78, 5) is 22.6. The predicted molar refractivity (Wildman–Crippen MR) is 56.3 cm³/mol. The van der Waals surface area contributed by atoms with E-state index in [4.69, 9.17) is 5.11 Å². The van der Waals surface area contributed by atoms with E-state index in [0.29, 0.717) is 0 Å². The third kappa shape index (κ3) is 2.13. The Morgan fingerprint density at radius 1 is 1.40 bits per heavy atom. The van der Waals surface area contributed by atoms with E-state index in [9.17, 15) is 9.59 Å². The summed E-state index contributed by atoms with van der Waals surface area (Å²) >= 11 is 0. The standard InChI is InChI=1S/C11H19NO3/c1-5-6(2)12-9(13)7-8(10(14)15)11(7,3)4/h6-8H,5H2,1-4H3,(H,12,13)(H,14,15)/t6?,7-,8+/m0/s1. The first-order valence-electron chi connectivity index (χ1n) is 5.35. The van der Waals surface area contributed by atoms with E-state index in [0.717, 1.165) is 6.42 Å². The van der Waals surface area contributed by atoms with Crippen molar-refractivity contribution in [3.63, 3.8) is 0 Å². The Bertz CT molecular complexity index is 286. The van der Waals surface area contributed by atoms with Crippen molar-refractivity contribution in [2.75, 3.05) is 0 Å². The molecule has 0 spiro atoms. The molecule has 4 nitrogen and oxygen atoms in total. The molecule has 1 rings (SSSR count). The number of hydrogen-bond acceptors (Lipinski definition) is 2. The van der Waals surface area contributed by atoms with Gasteiger partial charge in [-0.25, -0.2) is 0 Å². The fraction of sp³-hybridized carbons (Fsp3) is 0.818. The predicted octanol–water partition coefficient (Wildman–Crippen LogP) is 1.26. The number of carboxylic acids is 1. The van der Waals surface area contributed by atoms with Gasteiger partial charge in [0.1, 0.15) is 0 Å². The van der Waals surface area contributed by atoms with Crippen LogP contribution in [0.4, 0.5) is 0 Å². The molecule has 2 N–H and O–H groups in total. The minimum atomic E-state index is -0.871. The Morgan fingerprint density at radius 3 is 2.27 bits per heavy atom. The van der Waals surface area contributed by atoms with Crippen molar-refractivity contribution in [2.45, 2.75) is 40.2 Å². The molecule has 1 amide bonds. The molecule has 1 aliphatic rings. The van der Waals surface area contributed by atoms with Crippen molar-refractivity contribution >= 4 is 11.9 Å². The largest absolute Gasteiger partial charge is 0.481 e. The van der Waals surface area contributed by atoms with E-state index in [2.05, 4.69) is 5.32 Å². The van der Waals surface area contributed by atoms with Crippen LogP contribution < -0.4 is 5.32 Å². The second-order valence-electron chi connectivity index (χ2n) is 4.93. The average molecular weight is 213 g/mol. The van der Waals surface area contributed by atoms with Crippen LogP contribution in [0.15, 0.2) is 0 Å². The molecule has 0 aromatic rings. The molecule has 0 aromatic heterocycles. The smallest absolute Gasteiger partial charge is 0.307 e. The minimum absolute atomic E-state index is 0.114. The number of aliphatic carboxylic acids is 1. The number of hydrogen-bond donors (Lipinski definition) is 2. The second kappa shape index (κ2) is 3.83. The van der Waals surface area contributed by atoms with Gasteiger partial charge in [0.15, 0.2) is 0 Å². The maximum atomic E-state index is 11.7. The van der Waals surface area contributed by atoms with Crippen LogP contribution in [0.3, 0.4) is 0 Å². The van der Waals surface area contributed by atoms with Gasteiger partial charge in [-0.1, -0.05) is 20.8 Å². The average Bonchev–Trinajstić information content (AvgIpc) is 2.68. The monoisotopic (exact) mass is 213 g/mol. The van der Waals surface area contributed by atoms with Crippen LogP contribution in [0, 0.1) is 17.3 Å². The van der Waals surface area contributed by atoms with Crippen molar-refractivity contribution in [2.24, 2.45) is 17.3 Å². The summed E-state index contributed by atoms with van der Waals surface area (Å²) in [5.41, 5.74) is -0.399. The highest BCUT2D eigenvalue weighted by atomic mass is 16.4. The number of nitrogens with one attached hydrogen (secondary N) is 1. The molecule has 3 atom stereocenters. The first-order chi connectivity index (χ1) is 6.82. The van der Waals surface area contributed by atoms with E-state index >= 15 is 0 Å². The lowest BCUT2D eigenvalue weighted by Gasteiger charge is -2.11.